The fourth-order valence-corrected chi connectivity index (χ4v) is 0.391. The van der Waals surface area contributed by atoms with Crippen molar-refractivity contribution in [2.75, 3.05) is 13.2 Å². The molecule has 0 fully saturated rings. The van der Waals surface area contributed by atoms with Gasteiger partial charge in [-0.15, -0.1) is 0 Å². The van der Waals surface area contributed by atoms with Crippen LogP contribution in [0.2, 0.25) is 0 Å². The summed E-state index contributed by atoms with van der Waals surface area (Å²) in [5.41, 5.74) is 0.352. The van der Waals surface area contributed by atoms with Gasteiger partial charge in [0.05, 0.1) is 0 Å². The van der Waals surface area contributed by atoms with Crippen molar-refractivity contribution in [3.05, 3.63) is 24.3 Å². The normalized spacial score (nSPS) is 8.21. The number of carboxylic acid groups (broad SMARTS) is 2. The predicted molar refractivity (Wildman–Crippen MR) is 76.3 cm³/mol. The minimum Gasteiger partial charge on any atom is -0.478 e. The molecular weight excluding hydrogens is 248 g/mol. The summed E-state index contributed by atoms with van der Waals surface area (Å²) in [6.45, 7) is 15.3. The number of carboxylic acids is 2. The summed E-state index contributed by atoms with van der Waals surface area (Å²) < 4.78 is 5.13. The Labute approximate surface area is 115 Å². The van der Waals surface area contributed by atoms with E-state index >= 15 is 0 Å². The standard InChI is InChI=1S/C6H14O.2C4H6O2/c1-3-5-7-6-4-2;2*1-3(2)4(5)6/h3-6H2,1-2H3;2*1H2,2H3,(H,5,6). The van der Waals surface area contributed by atoms with Crippen LogP contribution in [0, 0.1) is 0 Å². The Morgan fingerprint density at radius 1 is 0.895 bits per heavy atom. The van der Waals surface area contributed by atoms with Gasteiger partial charge in [-0.3, -0.25) is 0 Å². The third-order valence-corrected chi connectivity index (χ3v) is 1.43. The lowest BCUT2D eigenvalue weighted by atomic mass is 10.4. The van der Waals surface area contributed by atoms with Gasteiger partial charge in [0.1, 0.15) is 0 Å². The molecule has 0 heterocycles. The maximum absolute atomic E-state index is 9.60. The van der Waals surface area contributed by atoms with Crippen LogP contribution >= 0.6 is 0 Å². The topological polar surface area (TPSA) is 83.8 Å². The van der Waals surface area contributed by atoms with Crippen LogP contribution in [0.25, 0.3) is 0 Å². The quantitative estimate of drug-likeness (QED) is 0.574. The van der Waals surface area contributed by atoms with Gasteiger partial charge in [-0.1, -0.05) is 27.0 Å². The molecule has 0 saturated carbocycles. The molecule has 5 heteroatoms. The molecular formula is C14H26O5. The summed E-state index contributed by atoms with van der Waals surface area (Å²) in [6, 6.07) is 0. The number of aliphatic carboxylic acids is 2. The van der Waals surface area contributed by atoms with Gasteiger partial charge in [0.15, 0.2) is 0 Å². The van der Waals surface area contributed by atoms with Crippen LogP contribution in [0.3, 0.4) is 0 Å². The molecule has 0 bridgehead atoms. The van der Waals surface area contributed by atoms with Gasteiger partial charge >= 0.3 is 11.9 Å². The first kappa shape index (κ1) is 22.6. The molecule has 0 aromatic carbocycles. The molecule has 0 saturated heterocycles. The molecule has 0 spiro atoms. The zero-order valence-corrected chi connectivity index (χ0v) is 12.4. The number of carbonyl (C=O) groups is 2. The molecule has 0 aromatic rings. The van der Waals surface area contributed by atoms with Gasteiger partial charge in [-0.2, -0.15) is 0 Å². The smallest absolute Gasteiger partial charge is 0.330 e. The van der Waals surface area contributed by atoms with Crippen molar-refractivity contribution in [3.63, 3.8) is 0 Å². The van der Waals surface area contributed by atoms with Crippen LogP contribution in [0.5, 0.6) is 0 Å². The van der Waals surface area contributed by atoms with E-state index in [1.165, 1.54) is 13.8 Å². The van der Waals surface area contributed by atoms with E-state index in [0.717, 1.165) is 26.1 Å². The largest absolute Gasteiger partial charge is 0.478 e. The van der Waals surface area contributed by atoms with Crippen molar-refractivity contribution in [3.8, 4) is 0 Å². The van der Waals surface area contributed by atoms with Gasteiger partial charge in [0.2, 0.25) is 0 Å². The predicted octanol–water partition coefficient (Wildman–Crippen LogP) is 3.12. The first-order valence-corrected chi connectivity index (χ1v) is 6.05. The molecule has 0 aliphatic rings. The summed E-state index contributed by atoms with van der Waals surface area (Å²) in [6.07, 6.45) is 2.28. The van der Waals surface area contributed by atoms with Crippen molar-refractivity contribution in [1.29, 1.82) is 0 Å². The lowest BCUT2D eigenvalue weighted by molar-refractivity contribution is -0.133. The minimum atomic E-state index is -0.935. The number of hydrogen-bond donors (Lipinski definition) is 2. The SMILES string of the molecule is C=C(C)C(=O)O.C=C(C)C(=O)O.CCCOCCC. The number of rotatable bonds is 6. The summed E-state index contributed by atoms with van der Waals surface area (Å²) in [4.78, 5) is 19.2. The Bertz CT molecular complexity index is 230. The molecule has 0 aromatic heterocycles. The highest BCUT2D eigenvalue weighted by molar-refractivity contribution is 5.85. The number of ether oxygens (including phenoxy) is 1. The van der Waals surface area contributed by atoms with Crippen molar-refractivity contribution >= 4 is 11.9 Å². The van der Waals surface area contributed by atoms with Crippen LogP contribution in [-0.2, 0) is 14.3 Å². The molecule has 0 unspecified atom stereocenters. The van der Waals surface area contributed by atoms with Crippen molar-refractivity contribution in [2.24, 2.45) is 0 Å². The first-order valence-electron chi connectivity index (χ1n) is 6.05. The molecule has 2 N–H and O–H groups in total. The average Bonchev–Trinajstić information content (AvgIpc) is 2.31. The Hall–Kier alpha value is -1.62. The summed E-state index contributed by atoms with van der Waals surface area (Å²) in [5.74, 6) is -1.87. The van der Waals surface area contributed by atoms with Gasteiger partial charge in [0.25, 0.3) is 0 Å². The van der Waals surface area contributed by atoms with E-state index < -0.39 is 11.9 Å². The third-order valence-electron chi connectivity index (χ3n) is 1.43. The average molecular weight is 274 g/mol. The third kappa shape index (κ3) is 31.4. The van der Waals surface area contributed by atoms with Crippen LogP contribution in [0.15, 0.2) is 24.3 Å². The van der Waals surface area contributed by atoms with Crippen LogP contribution in [0.1, 0.15) is 40.5 Å². The molecule has 0 rings (SSSR count). The van der Waals surface area contributed by atoms with Gasteiger partial charge in [-0.05, 0) is 26.7 Å². The fraction of sp³-hybridized carbons (Fsp3) is 0.571. The molecule has 0 atom stereocenters. The highest BCUT2D eigenvalue weighted by atomic mass is 16.5. The second-order valence-electron chi connectivity index (χ2n) is 3.78. The van der Waals surface area contributed by atoms with Crippen molar-refractivity contribution in [1.82, 2.24) is 0 Å². The molecule has 0 aliphatic heterocycles. The zero-order valence-electron chi connectivity index (χ0n) is 12.4. The van der Waals surface area contributed by atoms with Crippen LogP contribution < -0.4 is 0 Å². The molecule has 5 nitrogen and oxygen atoms in total. The summed E-state index contributed by atoms with van der Waals surface area (Å²) in [7, 11) is 0. The van der Waals surface area contributed by atoms with Crippen LogP contribution in [0.4, 0.5) is 0 Å². The second-order valence-corrected chi connectivity index (χ2v) is 3.78. The van der Waals surface area contributed by atoms with Crippen molar-refractivity contribution in [2.45, 2.75) is 40.5 Å². The fourth-order valence-electron chi connectivity index (χ4n) is 0.391. The lowest BCUT2D eigenvalue weighted by Gasteiger charge is -1.95. The van der Waals surface area contributed by atoms with Gasteiger partial charge in [-0.25, -0.2) is 9.59 Å². The monoisotopic (exact) mass is 274 g/mol. The van der Waals surface area contributed by atoms with E-state index in [9.17, 15) is 9.59 Å². The van der Waals surface area contributed by atoms with E-state index in [-0.39, 0.29) is 11.1 Å². The van der Waals surface area contributed by atoms with E-state index in [0.29, 0.717) is 0 Å². The Morgan fingerprint density at radius 3 is 1.21 bits per heavy atom. The molecule has 112 valence electrons. The van der Waals surface area contributed by atoms with E-state index in [1.54, 1.807) is 0 Å². The Morgan fingerprint density at radius 2 is 1.11 bits per heavy atom. The molecule has 0 amide bonds. The van der Waals surface area contributed by atoms with Gasteiger partial charge in [0, 0.05) is 24.4 Å². The van der Waals surface area contributed by atoms with E-state index in [4.69, 9.17) is 14.9 Å². The highest BCUT2D eigenvalue weighted by Crippen LogP contribution is 1.82. The summed E-state index contributed by atoms with van der Waals surface area (Å²) in [5, 5.41) is 15.8. The van der Waals surface area contributed by atoms with Crippen molar-refractivity contribution < 1.29 is 24.5 Å². The van der Waals surface area contributed by atoms with E-state index in [2.05, 4.69) is 27.0 Å². The molecule has 0 radical (unpaired) electrons. The summed E-state index contributed by atoms with van der Waals surface area (Å²) >= 11 is 0. The molecule has 0 aliphatic carbocycles. The Kier molecular flexibility index (Phi) is 19.4. The van der Waals surface area contributed by atoms with Crippen LogP contribution in [-0.4, -0.2) is 35.4 Å². The zero-order chi connectivity index (χ0) is 15.8. The minimum absolute atomic E-state index is 0.176. The highest BCUT2D eigenvalue weighted by Gasteiger charge is 1.90. The van der Waals surface area contributed by atoms with E-state index in [1.807, 2.05) is 0 Å². The second kappa shape index (κ2) is 16.4. The van der Waals surface area contributed by atoms with Gasteiger partial charge < -0.3 is 14.9 Å². The maximum atomic E-state index is 9.60. The molecule has 19 heavy (non-hydrogen) atoms. The Balaban J connectivity index is -0.000000203. The number of hydrogen-bond acceptors (Lipinski definition) is 3. The first-order chi connectivity index (χ1) is 8.70. The maximum Gasteiger partial charge on any atom is 0.330 e. The lowest BCUT2D eigenvalue weighted by Crippen LogP contribution is -1.92.